The zero-order valence-corrected chi connectivity index (χ0v) is 7.61. The first-order valence-electron chi connectivity index (χ1n) is 3.77. The fourth-order valence-electron chi connectivity index (χ4n) is 0.866. The van der Waals surface area contributed by atoms with Crippen molar-refractivity contribution in [3.8, 4) is 0 Å². The molecule has 1 rings (SSSR count). The van der Waals surface area contributed by atoms with Gasteiger partial charge < -0.3 is 10.8 Å². The van der Waals surface area contributed by atoms with E-state index in [1.807, 2.05) is 0 Å². The molecule has 0 aliphatic carbocycles. The molecule has 1 aromatic rings. The van der Waals surface area contributed by atoms with Gasteiger partial charge in [-0.05, 0) is 12.5 Å². The Balaban J connectivity index is 2.44. The quantitative estimate of drug-likeness (QED) is 0.740. The molecule has 1 atom stereocenters. The number of aromatic nitrogens is 2. The van der Waals surface area contributed by atoms with Crippen molar-refractivity contribution in [3.05, 3.63) is 17.4 Å². The molecule has 0 radical (unpaired) electrons. The second-order valence-corrected chi connectivity index (χ2v) is 3.00. The van der Waals surface area contributed by atoms with Crippen LogP contribution in [0, 0.1) is 0 Å². The third-order valence-corrected chi connectivity index (χ3v) is 1.95. The van der Waals surface area contributed by atoms with Gasteiger partial charge in [-0.2, -0.15) is 5.10 Å². The van der Waals surface area contributed by atoms with Gasteiger partial charge in [-0.1, -0.05) is 11.6 Å². The topological polar surface area (TPSA) is 81.1 Å². The number of carbonyl (C=O) groups is 1. The number of carboxylic acids is 1. The molecule has 5 nitrogen and oxygen atoms in total. The largest absolute Gasteiger partial charge is 0.480 e. The predicted octanol–water partition coefficient (Wildman–Crippen LogP) is 0.338. The second-order valence-electron chi connectivity index (χ2n) is 2.61. The molecule has 0 saturated heterocycles. The Hall–Kier alpha value is -1.07. The van der Waals surface area contributed by atoms with E-state index < -0.39 is 12.0 Å². The van der Waals surface area contributed by atoms with Crippen LogP contribution >= 0.6 is 11.6 Å². The molecule has 72 valence electrons. The summed E-state index contributed by atoms with van der Waals surface area (Å²) in [4.78, 5) is 10.4. The normalized spacial score (nSPS) is 12.8. The maximum absolute atomic E-state index is 10.4. The van der Waals surface area contributed by atoms with E-state index in [9.17, 15) is 4.79 Å². The van der Waals surface area contributed by atoms with Gasteiger partial charge in [-0.15, -0.1) is 0 Å². The van der Waals surface area contributed by atoms with Crippen molar-refractivity contribution in [2.75, 3.05) is 0 Å². The molecule has 0 aliphatic heterocycles. The van der Waals surface area contributed by atoms with Crippen LogP contribution in [0.25, 0.3) is 0 Å². The van der Waals surface area contributed by atoms with Crippen LogP contribution in [0.1, 0.15) is 6.42 Å². The van der Waals surface area contributed by atoms with Crippen LogP contribution in [0.5, 0.6) is 0 Å². The highest BCUT2D eigenvalue weighted by molar-refractivity contribution is 6.29. The van der Waals surface area contributed by atoms with Crippen molar-refractivity contribution in [1.82, 2.24) is 9.78 Å². The average Bonchev–Trinajstić information content (AvgIpc) is 2.47. The smallest absolute Gasteiger partial charge is 0.320 e. The Morgan fingerprint density at radius 1 is 1.85 bits per heavy atom. The van der Waals surface area contributed by atoms with Gasteiger partial charge in [0.25, 0.3) is 0 Å². The zero-order valence-electron chi connectivity index (χ0n) is 6.85. The first-order valence-corrected chi connectivity index (χ1v) is 4.14. The molecule has 0 aromatic carbocycles. The highest BCUT2D eigenvalue weighted by atomic mass is 35.5. The van der Waals surface area contributed by atoms with E-state index in [0.29, 0.717) is 18.1 Å². The van der Waals surface area contributed by atoms with Crippen LogP contribution in [0.2, 0.25) is 5.15 Å². The Morgan fingerprint density at radius 2 is 2.54 bits per heavy atom. The predicted molar refractivity (Wildman–Crippen MR) is 47.5 cm³/mol. The third-order valence-electron chi connectivity index (χ3n) is 1.63. The average molecular weight is 204 g/mol. The lowest BCUT2D eigenvalue weighted by Crippen LogP contribution is -2.31. The van der Waals surface area contributed by atoms with Crippen LogP contribution < -0.4 is 5.73 Å². The Morgan fingerprint density at radius 3 is 3.00 bits per heavy atom. The van der Waals surface area contributed by atoms with Crippen molar-refractivity contribution in [3.63, 3.8) is 0 Å². The van der Waals surface area contributed by atoms with E-state index in [1.54, 1.807) is 12.3 Å². The minimum atomic E-state index is -1.01. The summed E-state index contributed by atoms with van der Waals surface area (Å²) in [5, 5.41) is 12.9. The van der Waals surface area contributed by atoms with Crippen LogP contribution in [-0.4, -0.2) is 26.9 Å². The lowest BCUT2D eigenvalue weighted by atomic mass is 10.2. The van der Waals surface area contributed by atoms with Gasteiger partial charge in [0, 0.05) is 6.54 Å². The highest BCUT2D eigenvalue weighted by Crippen LogP contribution is 2.07. The molecule has 6 heteroatoms. The molecule has 1 unspecified atom stereocenters. The number of hydrogen-bond donors (Lipinski definition) is 2. The molecular weight excluding hydrogens is 194 g/mol. The van der Waals surface area contributed by atoms with Gasteiger partial charge >= 0.3 is 5.97 Å². The van der Waals surface area contributed by atoms with Gasteiger partial charge in [-0.3, -0.25) is 9.48 Å². The van der Waals surface area contributed by atoms with Crippen molar-refractivity contribution in [2.45, 2.75) is 19.0 Å². The molecule has 0 saturated carbocycles. The number of aliphatic carboxylic acids is 1. The van der Waals surface area contributed by atoms with Crippen molar-refractivity contribution < 1.29 is 9.90 Å². The van der Waals surface area contributed by atoms with Crippen molar-refractivity contribution in [2.24, 2.45) is 5.73 Å². The minimum Gasteiger partial charge on any atom is -0.480 e. The summed E-state index contributed by atoms with van der Waals surface area (Å²) in [6, 6.07) is 0.772. The number of nitrogens with two attached hydrogens (primary N) is 1. The van der Waals surface area contributed by atoms with Crippen molar-refractivity contribution >= 4 is 17.6 Å². The third kappa shape index (κ3) is 2.71. The number of halogens is 1. The maximum atomic E-state index is 10.4. The summed E-state index contributed by atoms with van der Waals surface area (Å²) in [5.41, 5.74) is 5.30. The molecule has 0 aliphatic rings. The molecule has 0 bridgehead atoms. The van der Waals surface area contributed by atoms with Gasteiger partial charge in [-0.25, -0.2) is 0 Å². The van der Waals surface area contributed by atoms with E-state index in [2.05, 4.69) is 5.10 Å². The highest BCUT2D eigenvalue weighted by Gasteiger charge is 2.11. The SMILES string of the molecule is NC(CCn1nccc1Cl)C(=O)O. The molecule has 0 fully saturated rings. The summed E-state index contributed by atoms with van der Waals surface area (Å²) in [6.45, 7) is 0.416. The van der Waals surface area contributed by atoms with Gasteiger partial charge in [0.2, 0.25) is 0 Å². The van der Waals surface area contributed by atoms with Gasteiger partial charge in [0.15, 0.2) is 0 Å². The molecule has 0 amide bonds. The fourth-order valence-corrected chi connectivity index (χ4v) is 1.05. The maximum Gasteiger partial charge on any atom is 0.320 e. The number of rotatable bonds is 4. The molecule has 3 N–H and O–H groups in total. The summed E-state index contributed by atoms with van der Waals surface area (Å²) < 4.78 is 1.50. The van der Waals surface area contributed by atoms with E-state index in [0.717, 1.165) is 0 Å². The lowest BCUT2D eigenvalue weighted by molar-refractivity contribution is -0.138. The van der Waals surface area contributed by atoms with Crippen LogP contribution in [0.4, 0.5) is 0 Å². The number of hydrogen-bond acceptors (Lipinski definition) is 3. The Bertz CT molecular complexity index is 300. The molecule has 1 aromatic heterocycles. The first-order chi connectivity index (χ1) is 6.11. The monoisotopic (exact) mass is 203 g/mol. The molecular formula is C7H10ClN3O2. The number of nitrogens with zero attached hydrogens (tertiary/aromatic N) is 2. The summed E-state index contributed by atoms with van der Waals surface area (Å²) in [6.07, 6.45) is 1.87. The number of aryl methyl sites for hydroxylation is 1. The summed E-state index contributed by atoms with van der Waals surface area (Å²) >= 11 is 5.72. The lowest BCUT2D eigenvalue weighted by Gasteiger charge is -2.06. The minimum absolute atomic E-state index is 0.316. The summed E-state index contributed by atoms with van der Waals surface area (Å²) in [5.74, 6) is -1.01. The Labute approximate surface area is 80.1 Å². The van der Waals surface area contributed by atoms with Crippen molar-refractivity contribution in [1.29, 1.82) is 0 Å². The van der Waals surface area contributed by atoms with E-state index in [-0.39, 0.29) is 0 Å². The van der Waals surface area contributed by atoms with Crippen LogP contribution in [-0.2, 0) is 11.3 Å². The van der Waals surface area contributed by atoms with Gasteiger partial charge in [0.1, 0.15) is 11.2 Å². The fraction of sp³-hybridized carbons (Fsp3) is 0.429. The molecule has 0 spiro atoms. The van der Waals surface area contributed by atoms with Crippen LogP contribution in [0.3, 0.4) is 0 Å². The van der Waals surface area contributed by atoms with E-state index in [1.165, 1.54) is 4.68 Å². The number of carboxylic acid groups (broad SMARTS) is 1. The summed E-state index contributed by atoms with van der Waals surface area (Å²) in [7, 11) is 0. The Kier molecular flexibility index (Phi) is 3.27. The second kappa shape index (κ2) is 4.25. The molecule has 13 heavy (non-hydrogen) atoms. The van der Waals surface area contributed by atoms with Crippen LogP contribution in [0.15, 0.2) is 12.3 Å². The zero-order chi connectivity index (χ0) is 9.84. The van der Waals surface area contributed by atoms with E-state index >= 15 is 0 Å². The van der Waals surface area contributed by atoms with E-state index in [4.69, 9.17) is 22.4 Å². The van der Waals surface area contributed by atoms with Gasteiger partial charge in [0.05, 0.1) is 6.20 Å². The molecule has 1 heterocycles. The standard InChI is InChI=1S/C7H10ClN3O2/c8-6-1-3-10-11(6)4-2-5(9)7(12)13/h1,3,5H,2,4,9H2,(H,12,13). The first kappa shape index (κ1) is 10.0.